The number of carbonyl (C=O) groups excluding carboxylic acids is 1. The lowest BCUT2D eigenvalue weighted by Crippen LogP contribution is -2.57. The normalized spacial score (nSPS) is 27.7. The smallest absolute Gasteiger partial charge is 0.251 e. The topological polar surface area (TPSA) is 32.3 Å². The third-order valence-corrected chi connectivity index (χ3v) is 5.55. The lowest BCUT2D eigenvalue weighted by Gasteiger charge is -2.49. The summed E-state index contributed by atoms with van der Waals surface area (Å²) in [5, 5.41) is 3.86. The Morgan fingerprint density at radius 2 is 2.04 bits per heavy atom. The van der Waals surface area contributed by atoms with Gasteiger partial charge in [0.1, 0.15) is 0 Å². The van der Waals surface area contributed by atoms with Gasteiger partial charge in [0, 0.05) is 28.7 Å². The number of amides is 1. The summed E-state index contributed by atoms with van der Waals surface area (Å²) in [6, 6.07) is 8.81. The number of nitrogens with one attached hydrogen (secondary N) is 1. The van der Waals surface area contributed by atoms with Gasteiger partial charge in [0.25, 0.3) is 5.91 Å². The number of piperidine rings is 2. The molecule has 0 radical (unpaired) electrons. The third kappa shape index (κ3) is 4.07. The highest BCUT2D eigenvalue weighted by atomic mass is 35.5. The SMILES string of the molecule is CCCCN1[C@@H]2CCC[C@@H]1CC(NC(=O)c1cccc(Cl)c1)C2. The van der Waals surface area contributed by atoms with Crippen LogP contribution in [0.15, 0.2) is 24.3 Å². The van der Waals surface area contributed by atoms with Gasteiger partial charge < -0.3 is 5.32 Å². The van der Waals surface area contributed by atoms with E-state index in [0.717, 1.165) is 12.8 Å². The van der Waals surface area contributed by atoms with E-state index in [1.54, 1.807) is 12.1 Å². The van der Waals surface area contributed by atoms with E-state index in [1.807, 2.05) is 12.1 Å². The molecule has 1 aromatic carbocycles. The van der Waals surface area contributed by atoms with Crippen LogP contribution in [-0.2, 0) is 0 Å². The zero-order valence-electron chi connectivity index (χ0n) is 13.9. The average Bonchev–Trinajstić information content (AvgIpc) is 2.52. The predicted molar refractivity (Wildman–Crippen MR) is 95.0 cm³/mol. The van der Waals surface area contributed by atoms with Crippen molar-refractivity contribution in [2.24, 2.45) is 0 Å². The molecular formula is C19H27ClN2O. The molecule has 0 spiro atoms. The number of rotatable bonds is 5. The zero-order valence-corrected chi connectivity index (χ0v) is 14.7. The van der Waals surface area contributed by atoms with E-state index >= 15 is 0 Å². The van der Waals surface area contributed by atoms with Gasteiger partial charge in [-0.05, 0) is 56.8 Å². The molecule has 4 heteroatoms. The Morgan fingerprint density at radius 3 is 2.70 bits per heavy atom. The second-order valence-electron chi connectivity index (χ2n) is 6.98. The van der Waals surface area contributed by atoms with Gasteiger partial charge in [0.05, 0.1) is 0 Å². The molecule has 0 aromatic heterocycles. The Balaban J connectivity index is 1.61. The van der Waals surface area contributed by atoms with E-state index in [2.05, 4.69) is 17.1 Å². The summed E-state index contributed by atoms with van der Waals surface area (Å²) in [5.74, 6) is 0.0116. The quantitative estimate of drug-likeness (QED) is 0.872. The Labute approximate surface area is 144 Å². The molecule has 2 aliphatic heterocycles. The monoisotopic (exact) mass is 334 g/mol. The Kier molecular flexibility index (Phi) is 5.60. The van der Waals surface area contributed by atoms with Crippen LogP contribution in [-0.4, -0.2) is 35.5 Å². The molecule has 2 heterocycles. The molecular weight excluding hydrogens is 308 g/mol. The minimum atomic E-state index is 0.0116. The van der Waals surface area contributed by atoms with Crippen molar-refractivity contribution in [2.45, 2.75) is 70.0 Å². The molecule has 3 nitrogen and oxygen atoms in total. The van der Waals surface area contributed by atoms with Crippen molar-refractivity contribution < 1.29 is 4.79 Å². The highest BCUT2D eigenvalue weighted by Crippen LogP contribution is 2.34. The van der Waals surface area contributed by atoms with Gasteiger partial charge in [-0.25, -0.2) is 0 Å². The van der Waals surface area contributed by atoms with Gasteiger partial charge in [-0.3, -0.25) is 9.69 Å². The highest BCUT2D eigenvalue weighted by molar-refractivity contribution is 6.30. The van der Waals surface area contributed by atoms with Crippen LogP contribution in [0, 0.1) is 0 Å². The van der Waals surface area contributed by atoms with Crippen molar-refractivity contribution in [1.29, 1.82) is 0 Å². The number of hydrogen-bond donors (Lipinski definition) is 1. The maximum absolute atomic E-state index is 12.5. The first-order valence-corrected chi connectivity index (χ1v) is 9.37. The van der Waals surface area contributed by atoms with Crippen LogP contribution >= 0.6 is 11.6 Å². The van der Waals surface area contributed by atoms with Gasteiger partial charge >= 0.3 is 0 Å². The summed E-state index contributed by atoms with van der Waals surface area (Å²) >= 11 is 5.99. The maximum atomic E-state index is 12.5. The van der Waals surface area contributed by atoms with Gasteiger partial charge in [-0.1, -0.05) is 37.4 Å². The summed E-state index contributed by atoms with van der Waals surface area (Å²) in [5.41, 5.74) is 0.663. The van der Waals surface area contributed by atoms with Crippen LogP contribution in [0.2, 0.25) is 5.02 Å². The number of nitrogens with zero attached hydrogens (tertiary/aromatic N) is 1. The van der Waals surface area contributed by atoms with Crippen LogP contribution in [0.1, 0.15) is 62.2 Å². The van der Waals surface area contributed by atoms with Crippen LogP contribution in [0.5, 0.6) is 0 Å². The van der Waals surface area contributed by atoms with E-state index in [4.69, 9.17) is 11.6 Å². The molecule has 2 atom stereocenters. The van der Waals surface area contributed by atoms with E-state index < -0.39 is 0 Å². The number of benzene rings is 1. The first kappa shape index (κ1) is 16.8. The molecule has 0 aliphatic carbocycles. The fraction of sp³-hybridized carbons (Fsp3) is 0.632. The zero-order chi connectivity index (χ0) is 16.2. The molecule has 3 rings (SSSR count). The second kappa shape index (κ2) is 7.67. The lowest BCUT2D eigenvalue weighted by atomic mass is 9.81. The maximum Gasteiger partial charge on any atom is 0.251 e. The van der Waals surface area contributed by atoms with Crippen LogP contribution in [0.25, 0.3) is 0 Å². The highest BCUT2D eigenvalue weighted by Gasteiger charge is 2.38. The van der Waals surface area contributed by atoms with Gasteiger partial charge in [-0.2, -0.15) is 0 Å². The number of hydrogen-bond acceptors (Lipinski definition) is 2. The van der Waals surface area contributed by atoms with E-state index in [0.29, 0.717) is 28.7 Å². The summed E-state index contributed by atoms with van der Waals surface area (Å²) in [7, 11) is 0. The largest absolute Gasteiger partial charge is 0.349 e. The molecule has 0 saturated carbocycles. The van der Waals surface area contributed by atoms with E-state index in [1.165, 1.54) is 38.6 Å². The van der Waals surface area contributed by atoms with Gasteiger partial charge in [-0.15, -0.1) is 0 Å². The van der Waals surface area contributed by atoms with Crippen molar-refractivity contribution >= 4 is 17.5 Å². The number of fused-ring (bicyclic) bond motifs is 2. The standard InChI is InChI=1S/C19H27ClN2O/c1-2-3-10-22-17-8-5-9-18(22)13-16(12-17)21-19(23)14-6-4-7-15(20)11-14/h4,6-7,11,16-18H,2-3,5,8-10,12-13H2,1H3,(H,21,23)/t17-,18-/m1/s1. The molecule has 2 fully saturated rings. The van der Waals surface area contributed by atoms with Crippen molar-refractivity contribution in [2.75, 3.05) is 6.54 Å². The fourth-order valence-corrected chi connectivity index (χ4v) is 4.39. The van der Waals surface area contributed by atoms with Crippen molar-refractivity contribution in [3.8, 4) is 0 Å². The van der Waals surface area contributed by atoms with E-state index in [9.17, 15) is 4.79 Å². The van der Waals surface area contributed by atoms with Crippen LogP contribution in [0.3, 0.4) is 0 Å². The minimum Gasteiger partial charge on any atom is -0.349 e. The molecule has 1 amide bonds. The summed E-state index contributed by atoms with van der Waals surface area (Å²) < 4.78 is 0. The van der Waals surface area contributed by atoms with Crippen LogP contribution in [0.4, 0.5) is 0 Å². The number of carbonyl (C=O) groups is 1. The molecule has 1 aromatic rings. The fourth-order valence-electron chi connectivity index (χ4n) is 4.20. The van der Waals surface area contributed by atoms with Gasteiger partial charge in [0.2, 0.25) is 0 Å². The van der Waals surface area contributed by atoms with Crippen molar-refractivity contribution in [3.63, 3.8) is 0 Å². The van der Waals surface area contributed by atoms with Crippen molar-refractivity contribution in [3.05, 3.63) is 34.9 Å². The average molecular weight is 335 g/mol. The molecule has 2 aliphatic rings. The Bertz CT molecular complexity index is 534. The van der Waals surface area contributed by atoms with Gasteiger partial charge in [0.15, 0.2) is 0 Å². The molecule has 23 heavy (non-hydrogen) atoms. The molecule has 2 saturated heterocycles. The summed E-state index contributed by atoms with van der Waals surface area (Å²) in [4.78, 5) is 15.2. The summed E-state index contributed by atoms with van der Waals surface area (Å²) in [6.45, 7) is 3.48. The Morgan fingerprint density at radius 1 is 1.30 bits per heavy atom. The molecule has 1 N–H and O–H groups in total. The van der Waals surface area contributed by atoms with Crippen molar-refractivity contribution in [1.82, 2.24) is 10.2 Å². The Hall–Kier alpha value is -1.06. The third-order valence-electron chi connectivity index (χ3n) is 5.32. The number of unbranched alkanes of at least 4 members (excludes halogenated alkanes) is 1. The first-order valence-electron chi connectivity index (χ1n) is 8.99. The molecule has 0 unspecified atom stereocenters. The number of halogens is 1. The minimum absolute atomic E-state index is 0.0116. The predicted octanol–water partition coefficient (Wildman–Crippen LogP) is 4.26. The van der Waals surface area contributed by atoms with E-state index in [-0.39, 0.29) is 5.91 Å². The first-order chi connectivity index (χ1) is 11.2. The van der Waals surface area contributed by atoms with Crippen LogP contribution < -0.4 is 5.32 Å². The lowest BCUT2D eigenvalue weighted by molar-refractivity contribution is 0.0234. The summed E-state index contributed by atoms with van der Waals surface area (Å²) in [6.07, 6.45) is 8.62. The molecule has 126 valence electrons. The second-order valence-corrected chi connectivity index (χ2v) is 7.42. The molecule has 2 bridgehead atoms.